The van der Waals surface area contributed by atoms with Gasteiger partial charge in [-0.1, -0.05) is 29.4 Å². The monoisotopic (exact) mass is 448 g/mol. The molecular formula is C20H21ClN4O4S. The summed E-state index contributed by atoms with van der Waals surface area (Å²) in [4.78, 5) is 11.0. The summed E-state index contributed by atoms with van der Waals surface area (Å²) in [5, 5.41) is 20.4. The van der Waals surface area contributed by atoms with Crippen molar-refractivity contribution in [2.75, 3.05) is 20.3 Å². The lowest BCUT2D eigenvalue weighted by molar-refractivity contribution is -0.479. The minimum Gasteiger partial charge on any atom is -0.493 e. The van der Waals surface area contributed by atoms with E-state index in [-0.39, 0.29) is 11.5 Å². The predicted molar refractivity (Wildman–Crippen MR) is 116 cm³/mol. The number of methoxy groups -OCH3 is 1. The molecule has 0 radical (unpaired) electrons. The molecule has 0 amide bonds. The van der Waals surface area contributed by atoms with Gasteiger partial charge in [-0.05, 0) is 55.8 Å². The normalized spacial score (nSPS) is 11.9. The molecule has 0 saturated heterocycles. The maximum Gasteiger partial charge on any atom is 0.220 e. The molecule has 0 unspecified atom stereocenters. The van der Waals surface area contributed by atoms with Gasteiger partial charge in [-0.3, -0.25) is 14.7 Å². The van der Waals surface area contributed by atoms with Crippen molar-refractivity contribution >= 4 is 23.4 Å². The number of aromatic nitrogens is 3. The van der Waals surface area contributed by atoms with Crippen molar-refractivity contribution in [1.82, 2.24) is 14.8 Å². The second kappa shape index (κ2) is 9.82. The molecule has 0 N–H and O–H groups in total. The number of ether oxygens (including phenoxy) is 2. The first-order valence-electron chi connectivity index (χ1n) is 9.20. The van der Waals surface area contributed by atoms with Crippen molar-refractivity contribution in [1.29, 1.82) is 0 Å². The summed E-state index contributed by atoms with van der Waals surface area (Å²) in [6, 6.07) is 12.6. The second-order valence-corrected chi connectivity index (χ2v) is 7.91. The van der Waals surface area contributed by atoms with Gasteiger partial charge < -0.3 is 9.47 Å². The van der Waals surface area contributed by atoms with Gasteiger partial charge in [-0.15, -0.1) is 10.2 Å². The van der Waals surface area contributed by atoms with Crippen LogP contribution in [0.4, 0.5) is 0 Å². The van der Waals surface area contributed by atoms with Gasteiger partial charge in [0.15, 0.2) is 16.7 Å². The van der Waals surface area contributed by atoms with Crippen molar-refractivity contribution < 1.29 is 14.4 Å². The van der Waals surface area contributed by atoms with Crippen LogP contribution in [0, 0.1) is 17.0 Å². The molecule has 10 heteroatoms. The van der Waals surface area contributed by atoms with Crippen LogP contribution < -0.4 is 9.47 Å². The fraction of sp³-hybridized carbons (Fsp3) is 0.300. The molecule has 0 aliphatic rings. The molecule has 0 spiro atoms. The van der Waals surface area contributed by atoms with Crippen LogP contribution in [-0.4, -0.2) is 39.9 Å². The van der Waals surface area contributed by atoms with Gasteiger partial charge in [0, 0.05) is 15.6 Å². The van der Waals surface area contributed by atoms with E-state index < -0.39 is 5.25 Å². The third kappa shape index (κ3) is 5.03. The lowest BCUT2D eigenvalue weighted by Crippen LogP contribution is -2.11. The van der Waals surface area contributed by atoms with E-state index in [1.54, 1.807) is 24.3 Å². The minimum absolute atomic E-state index is 0.283. The molecule has 8 nitrogen and oxygen atoms in total. The summed E-state index contributed by atoms with van der Waals surface area (Å²) >= 11 is 7.27. The Morgan fingerprint density at radius 3 is 2.57 bits per heavy atom. The fourth-order valence-electron chi connectivity index (χ4n) is 2.94. The number of hydrogen-bond donors (Lipinski definition) is 0. The van der Waals surface area contributed by atoms with Crippen molar-refractivity contribution in [3.8, 4) is 17.2 Å². The summed E-state index contributed by atoms with van der Waals surface area (Å²) in [5.41, 5.74) is 1.56. The lowest BCUT2D eigenvalue weighted by atomic mass is 10.1. The number of benzene rings is 2. The summed E-state index contributed by atoms with van der Waals surface area (Å²) < 4.78 is 12.8. The van der Waals surface area contributed by atoms with Crippen molar-refractivity contribution in [2.24, 2.45) is 0 Å². The van der Waals surface area contributed by atoms with Gasteiger partial charge in [-0.25, -0.2) is 0 Å². The fourth-order valence-corrected chi connectivity index (χ4v) is 4.23. The molecule has 1 aromatic heterocycles. The van der Waals surface area contributed by atoms with Crippen molar-refractivity contribution in [3.05, 3.63) is 69.0 Å². The quantitative estimate of drug-likeness (QED) is 0.265. The summed E-state index contributed by atoms with van der Waals surface area (Å²) in [5.74, 6) is 1.79. The van der Waals surface area contributed by atoms with Gasteiger partial charge >= 0.3 is 0 Å². The third-order valence-electron chi connectivity index (χ3n) is 4.30. The number of nitro groups is 1. The Kier molecular flexibility index (Phi) is 7.17. The van der Waals surface area contributed by atoms with Gasteiger partial charge in [0.1, 0.15) is 11.1 Å². The first kappa shape index (κ1) is 21.9. The van der Waals surface area contributed by atoms with E-state index in [1.165, 1.54) is 18.9 Å². The summed E-state index contributed by atoms with van der Waals surface area (Å²) in [7, 11) is 1.54. The van der Waals surface area contributed by atoms with E-state index in [0.29, 0.717) is 34.1 Å². The number of hydrogen-bond acceptors (Lipinski definition) is 7. The molecule has 0 fully saturated rings. The standard InChI is InChI=1S/C20H21ClN4O4S/c1-4-29-17-10-5-14(11-18(17)28-3)19(12-24(26)27)30-20-23-22-13(2)25(20)16-8-6-15(21)7-9-16/h5-11,19H,4,12H2,1-3H3/t19-/m0/s1. The number of aryl methyl sites for hydroxylation is 1. The first-order valence-corrected chi connectivity index (χ1v) is 10.5. The van der Waals surface area contributed by atoms with Crippen LogP contribution in [-0.2, 0) is 0 Å². The predicted octanol–water partition coefficient (Wildman–Crippen LogP) is 4.75. The maximum atomic E-state index is 11.4. The second-order valence-electron chi connectivity index (χ2n) is 6.31. The van der Waals surface area contributed by atoms with Crippen LogP contribution in [0.1, 0.15) is 23.6 Å². The van der Waals surface area contributed by atoms with Crippen LogP contribution >= 0.6 is 23.4 Å². The molecule has 0 aliphatic carbocycles. The largest absolute Gasteiger partial charge is 0.493 e. The topological polar surface area (TPSA) is 92.3 Å². The summed E-state index contributed by atoms with van der Waals surface area (Å²) in [6.45, 7) is 3.92. The number of halogens is 1. The Bertz CT molecular complexity index is 1030. The van der Waals surface area contributed by atoms with Crippen LogP contribution in [0.2, 0.25) is 5.02 Å². The molecule has 1 heterocycles. The molecule has 3 rings (SSSR count). The average Bonchev–Trinajstić information content (AvgIpc) is 3.08. The Labute approximate surface area is 183 Å². The molecule has 0 saturated carbocycles. The molecular weight excluding hydrogens is 428 g/mol. The number of thioether (sulfide) groups is 1. The molecule has 3 aromatic rings. The van der Waals surface area contributed by atoms with Crippen LogP contribution in [0.5, 0.6) is 11.5 Å². The molecule has 0 bridgehead atoms. The highest BCUT2D eigenvalue weighted by atomic mass is 35.5. The van der Waals surface area contributed by atoms with Crippen LogP contribution in [0.3, 0.4) is 0 Å². The number of rotatable bonds is 9. The van der Waals surface area contributed by atoms with E-state index >= 15 is 0 Å². The van der Waals surface area contributed by atoms with Crippen LogP contribution in [0.25, 0.3) is 5.69 Å². The zero-order valence-corrected chi connectivity index (χ0v) is 18.3. The highest BCUT2D eigenvalue weighted by molar-refractivity contribution is 7.99. The third-order valence-corrected chi connectivity index (χ3v) is 5.73. The molecule has 30 heavy (non-hydrogen) atoms. The van der Waals surface area contributed by atoms with Crippen molar-refractivity contribution in [3.63, 3.8) is 0 Å². The first-order chi connectivity index (χ1) is 14.4. The number of nitrogens with zero attached hydrogens (tertiary/aromatic N) is 4. The van der Waals surface area contributed by atoms with E-state index in [2.05, 4.69) is 10.2 Å². The van der Waals surface area contributed by atoms with Crippen molar-refractivity contribution in [2.45, 2.75) is 24.3 Å². The highest BCUT2D eigenvalue weighted by Gasteiger charge is 2.25. The molecule has 158 valence electrons. The Morgan fingerprint density at radius 2 is 1.93 bits per heavy atom. The average molecular weight is 449 g/mol. The Hall–Kier alpha value is -2.78. The van der Waals surface area contributed by atoms with Gasteiger partial charge in [0.05, 0.1) is 13.7 Å². The molecule has 0 aliphatic heterocycles. The molecule has 1 atom stereocenters. The zero-order chi connectivity index (χ0) is 21.7. The summed E-state index contributed by atoms with van der Waals surface area (Å²) in [6.07, 6.45) is 0. The Balaban J connectivity index is 1.97. The maximum absolute atomic E-state index is 11.4. The van der Waals surface area contributed by atoms with Gasteiger partial charge in [-0.2, -0.15) is 0 Å². The lowest BCUT2D eigenvalue weighted by Gasteiger charge is -2.16. The van der Waals surface area contributed by atoms with Crippen LogP contribution in [0.15, 0.2) is 47.6 Å². The van der Waals surface area contributed by atoms with E-state index in [1.807, 2.05) is 36.6 Å². The van der Waals surface area contributed by atoms with Gasteiger partial charge in [0.25, 0.3) is 0 Å². The SMILES string of the molecule is CCOc1ccc([C@H](C[N+](=O)[O-])Sc2nnc(C)n2-c2ccc(Cl)cc2)cc1OC. The van der Waals surface area contributed by atoms with E-state index in [0.717, 1.165) is 11.3 Å². The smallest absolute Gasteiger partial charge is 0.220 e. The zero-order valence-electron chi connectivity index (χ0n) is 16.7. The molecule has 2 aromatic carbocycles. The van der Waals surface area contributed by atoms with Gasteiger partial charge in [0.2, 0.25) is 6.54 Å². The Morgan fingerprint density at radius 1 is 1.20 bits per heavy atom. The minimum atomic E-state index is -0.501. The van der Waals surface area contributed by atoms with E-state index in [9.17, 15) is 10.1 Å². The van der Waals surface area contributed by atoms with E-state index in [4.69, 9.17) is 21.1 Å². The highest BCUT2D eigenvalue weighted by Crippen LogP contribution is 2.39.